The van der Waals surface area contributed by atoms with Crippen molar-refractivity contribution in [3.05, 3.63) is 22.8 Å². The topological polar surface area (TPSA) is 62.2 Å². The maximum absolute atomic E-state index is 11.0. The average Bonchev–Trinajstić information content (AvgIpc) is 2.35. The van der Waals surface area contributed by atoms with Gasteiger partial charge in [0.25, 0.3) is 0 Å². The molecule has 100 valence electrons. The van der Waals surface area contributed by atoms with E-state index in [1.54, 1.807) is 18.0 Å². The van der Waals surface area contributed by atoms with Crippen LogP contribution in [0.3, 0.4) is 0 Å². The Kier molecular flexibility index (Phi) is 7.31. The number of carboxylic acids is 1. The van der Waals surface area contributed by atoms with E-state index < -0.39 is 12.0 Å². The summed E-state index contributed by atoms with van der Waals surface area (Å²) in [6.07, 6.45) is 3.27. The average molecular weight is 333 g/mol. The van der Waals surface area contributed by atoms with E-state index in [9.17, 15) is 4.79 Å². The molecule has 1 heterocycles. The molecule has 0 aliphatic heterocycles. The van der Waals surface area contributed by atoms with Crippen LogP contribution in [0.15, 0.2) is 27.8 Å². The van der Waals surface area contributed by atoms with Gasteiger partial charge in [0.2, 0.25) is 0 Å². The van der Waals surface area contributed by atoms with E-state index in [-0.39, 0.29) is 0 Å². The van der Waals surface area contributed by atoms with Gasteiger partial charge in [-0.25, -0.2) is 4.98 Å². The van der Waals surface area contributed by atoms with Crippen molar-refractivity contribution in [1.29, 1.82) is 0 Å². The summed E-state index contributed by atoms with van der Waals surface area (Å²) in [5, 5.41) is 13.0. The van der Waals surface area contributed by atoms with Crippen molar-refractivity contribution in [3.63, 3.8) is 0 Å². The summed E-state index contributed by atoms with van der Waals surface area (Å²) in [4.78, 5) is 15.2. The van der Waals surface area contributed by atoms with E-state index in [1.165, 1.54) is 0 Å². The van der Waals surface area contributed by atoms with Gasteiger partial charge < -0.3 is 10.4 Å². The van der Waals surface area contributed by atoms with Crippen LogP contribution in [0.1, 0.15) is 19.8 Å². The molecule has 0 spiro atoms. The van der Waals surface area contributed by atoms with E-state index >= 15 is 0 Å². The van der Waals surface area contributed by atoms with Crippen LogP contribution in [-0.4, -0.2) is 34.4 Å². The minimum absolute atomic E-state index is 0.465. The number of aliphatic carboxylic acids is 1. The van der Waals surface area contributed by atoms with Crippen molar-refractivity contribution in [2.45, 2.75) is 30.8 Å². The first kappa shape index (κ1) is 15.5. The molecule has 1 atom stereocenters. The molecule has 0 aliphatic rings. The van der Waals surface area contributed by atoms with Crippen LogP contribution in [0, 0.1) is 0 Å². The number of rotatable bonds is 8. The molecule has 6 heteroatoms. The van der Waals surface area contributed by atoms with Gasteiger partial charge in [-0.05, 0) is 47.4 Å². The summed E-state index contributed by atoms with van der Waals surface area (Å²) in [7, 11) is 0. The molecule has 0 aromatic carbocycles. The van der Waals surface area contributed by atoms with E-state index in [0.29, 0.717) is 6.42 Å². The van der Waals surface area contributed by atoms with Crippen LogP contribution in [0.2, 0.25) is 0 Å². The summed E-state index contributed by atoms with van der Waals surface area (Å²) in [6.45, 7) is 2.75. The zero-order valence-corrected chi connectivity index (χ0v) is 12.6. The quantitative estimate of drug-likeness (QED) is 0.717. The Morgan fingerprint density at radius 2 is 2.39 bits per heavy atom. The van der Waals surface area contributed by atoms with Crippen molar-refractivity contribution in [3.8, 4) is 0 Å². The number of halogens is 1. The molecule has 4 nitrogen and oxygen atoms in total. The molecule has 0 bridgehead atoms. The highest BCUT2D eigenvalue weighted by Crippen LogP contribution is 2.18. The fraction of sp³-hybridized carbons (Fsp3) is 0.500. The Hall–Kier alpha value is -0.590. The molecule has 0 radical (unpaired) electrons. The molecule has 2 N–H and O–H groups in total. The maximum Gasteiger partial charge on any atom is 0.320 e. The second kappa shape index (κ2) is 8.50. The third-order valence-corrected chi connectivity index (χ3v) is 3.74. The molecule has 1 unspecified atom stereocenters. The molecular weight excluding hydrogens is 316 g/mol. The molecule has 0 saturated carbocycles. The van der Waals surface area contributed by atoms with Gasteiger partial charge >= 0.3 is 5.97 Å². The summed E-state index contributed by atoms with van der Waals surface area (Å²) in [5.41, 5.74) is 0. The van der Waals surface area contributed by atoms with E-state index in [1.807, 2.05) is 19.1 Å². The van der Waals surface area contributed by atoms with E-state index in [4.69, 9.17) is 5.11 Å². The number of pyridine rings is 1. The predicted octanol–water partition coefficient (Wildman–Crippen LogP) is 2.78. The van der Waals surface area contributed by atoms with E-state index in [0.717, 1.165) is 28.2 Å². The van der Waals surface area contributed by atoms with Crippen molar-refractivity contribution >= 4 is 33.7 Å². The Balaban J connectivity index is 2.34. The summed E-state index contributed by atoms with van der Waals surface area (Å²) >= 11 is 4.90. The first-order valence-electron chi connectivity index (χ1n) is 5.84. The highest BCUT2D eigenvalue weighted by atomic mass is 79.9. The number of nitrogens with zero attached hydrogens (tertiary/aromatic N) is 1. The van der Waals surface area contributed by atoms with Gasteiger partial charge in [-0.15, -0.1) is 11.8 Å². The Morgan fingerprint density at radius 1 is 1.61 bits per heavy atom. The normalized spacial score (nSPS) is 12.3. The number of thioether (sulfide) groups is 1. The third kappa shape index (κ3) is 5.84. The number of carboxylic acid groups (broad SMARTS) is 1. The number of hydrogen-bond donors (Lipinski definition) is 2. The second-order valence-electron chi connectivity index (χ2n) is 3.80. The Labute approximate surface area is 120 Å². The minimum atomic E-state index is -0.784. The van der Waals surface area contributed by atoms with Crippen molar-refractivity contribution < 1.29 is 9.90 Å². The molecular formula is C12H17BrN2O2S. The zero-order valence-electron chi connectivity index (χ0n) is 10.2. The predicted molar refractivity (Wildman–Crippen MR) is 77.0 cm³/mol. The van der Waals surface area contributed by atoms with Crippen LogP contribution in [0.4, 0.5) is 0 Å². The lowest BCUT2D eigenvalue weighted by Gasteiger charge is -2.13. The first-order valence-corrected chi connectivity index (χ1v) is 7.62. The van der Waals surface area contributed by atoms with Crippen LogP contribution in [0.5, 0.6) is 0 Å². The molecule has 1 aromatic heterocycles. The third-order valence-electron chi connectivity index (χ3n) is 2.30. The highest BCUT2D eigenvalue weighted by molar-refractivity contribution is 9.10. The molecule has 1 aromatic rings. The largest absolute Gasteiger partial charge is 0.480 e. The molecule has 0 fully saturated rings. The maximum atomic E-state index is 11.0. The van der Waals surface area contributed by atoms with Gasteiger partial charge in [-0.2, -0.15) is 0 Å². The Morgan fingerprint density at radius 3 is 2.94 bits per heavy atom. The van der Waals surface area contributed by atoms with Crippen LogP contribution < -0.4 is 5.32 Å². The SMILES string of the molecule is CCCNC(CCSc1ccc(Br)cn1)C(=O)O. The van der Waals surface area contributed by atoms with Gasteiger partial charge in [0.1, 0.15) is 6.04 Å². The van der Waals surface area contributed by atoms with Gasteiger partial charge in [0.05, 0.1) is 5.03 Å². The molecule has 18 heavy (non-hydrogen) atoms. The number of nitrogens with one attached hydrogen (secondary N) is 1. The van der Waals surface area contributed by atoms with Crippen molar-refractivity contribution in [1.82, 2.24) is 10.3 Å². The molecule has 0 aliphatic carbocycles. The molecule has 0 saturated heterocycles. The lowest BCUT2D eigenvalue weighted by molar-refractivity contribution is -0.139. The molecule has 0 amide bonds. The highest BCUT2D eigenvalue weighted by Gasteiger charge is 2.15. The van der Waals surface area contributed by atoms with Gasteiger partial charge in [0, 0.05) is 16.4 Å². The van der Waals surface area contributed by atoms with Gasteiger partial charge in [-0.1, -0.05) is 6.92 Å². The second-order valence-corrected chi connectivity index (χ2v) is 5.83. The summed E-state index contributed by atoms with van der Waals surface area (Å²) in [6, 6.07) is 3.39. The van der Waals surface area contributed by atoms with Crippen LogP contribution in [0.25, 0.3) is 0 Å². The summed E-state index contributed by atoms with van der Waals surface area (Å²) in [5.74, 6) is -0.0460. The lowest BCUT2D eigenvalue weighted by Crippen LogP contribution is -2.37. The van der Waals surface area contributed by atoms with E-state index in [2.05, 4.69) is 26.2 Å². The first-order chi connectivity index (χ1) is 8.63. The fourth-order valence-electron chi connectivity index (χ4n) is 1.36. The number of aromatic nitrogens is 1. The monoisotopic (exact) mass is 332 g/mol. The number of hydrogen-bond acceptors (Lipinski definition) is 4. The Bertz CT molecular complexity index is 373. The van der Waals surface area contributed by atoms with Crippen LogP contribution in [-0.2, 0) is 4.79 Å². The smallest absolute Gasteiger partial charge is 0.320 e. The van der Waals surface area contributed by atoms with Crippen molar-refractivity contribution in [2.24, 2.45) is 0 Å². The lowest BCUT2D eigenvalue weighted by atomic mass is 10.2. The van der Waals surface area contributed by atoms with Crippen molar-refractivity contribution in [2.75, 3.05) is 12.3 Å². The molecule has 1 rings (SSSR count). The zero-order chi connectivity index (χ0) is 13.4. The standard InChI is InChI=1S/C12H17BrN2O2S/c1-2-6-14-10(12(16)17)5-7-18-11-4-3-9(13)8-15-11/h3-4,8,10,14H,2,5-7H2,1H3,(H,16,17). The summed E-state index contributed by atoms with van der Waals surface area (Å²) < 4.78 is 0.944. The van der Waals surface area contributed by atoms with Gasteiger partial charge in [0.15, 0.2) is 0 Å². The number of carbonyl (C=O) groups is 1. The van der Waals surface area contributed by atoms with Gasteiger partial charge in [-0.3, -0.25) is 4.79 Å². The van der Waals surface area contributed by atoms with Crippen LogP contribution >= 0.6 is 27.7 Å². The fourth-order valence-corrected chi connectivity index (χ4v) is 2.45. The minimum Gasteiger partial charge on any atom is -0.480 e.